The van der Waals surface area contributed by atoms with Gasteiger partial charge < -0.3 is 4.90 Å². The number of benzene rings is 2. The molecule has 1 heterocycles. The summed E-state index contributed by atoms with van der Waals surface area (Å²) in [5, 5.41) is 1.24. The molecular weight excluding hydrogens is 429 g/mol. The minimum atomic E-state index is -0.284. The van der Waals surface area contributed by atoms with Crippen molar-refractivity contribution in [1.82, 2.24) is 9.88 Å². The highest BCUT2D eigenvalue weighted by Crippen LogP contribution is 2.33. The molecular formula is C21H23ClFN3OS2. The molecule has 0 fully saturated rings. The van der Waals surface area contributed by atoms with Gasteiger partial charge in [0, 0.05) is 18.0 Å². The summed E-state index contributed by atoms with van der Waals surface area (Å²) in [6.45, 7) is 7.39. The van der Waals surface area contributed by atoms with Gasteiger partial charge in [0.1, 0.15) is 11.3 Å². The molecule has 0 N–H and O–H groups in total. The van der Waals surface area contributed by atoms with Crippen LogP contribution < -0.4 is 4.90 Å². The number of nitrogens with zero attached hydrogens (tertiary/aromatic N) is 3. The highest BCUT2D eigenvalue weighted by molar-refractivity contribution is 8.00. The number of thioether (sulfide) groups is 1. The predicted octanol–water partition coefficient (Wildman–Crippen LogP) is 5.56. The number of halogens is 2. The van der Waals surface area contributed by atoms with E-state index in [4.69, 9.17) is 11.6 Å². The fourth-order valence-corrected chi connectivity index (χ4v) is 4.96. The molecule has 2 aromatic carbocycles. The maximum Gasteiger partial charge on any atom is 0.239 e. The normalized spacial score (nSPS) is 11.3. The Morgan fingerprint density at radius 1 is 1.14 bits per heavy atom. The van der Waals surface area contributed by atoms with Crippen molar-refractivity contribution in [3.63, 3.8) is 0 Å². The third-order valence-electron chi connectivity index (χ3n) is 4.60. The second-order valence-corrected chi connectivity index (χ2v) is 8.86. The van der Waals surface area contributed by atoms with Gasteiger partial charge in [0.15, 0.2) is 5.13 Å². The third kappa shape index (κ3) is 5.69. The average Bonchev–Trinajstić information content (AvgIpc) is 3.16. The lowest BCUT2D eigenvalue weighted by Gasteiger charge is -2.24. The van der Waals surface area contributed by atoms with Crippen LogP contribution in [0, 0.1) is 5.82 Å². The van der Waals surface area contributed by atoms with Crippen molar-refractivity contribution in [3.8, 4) is 0 Å². The van der Waals surface area contributed by atoms with Crippen LogP contribution in [0.5, 0.6) is 0 Å². The van der Waals surface area contributed by atoms with Crippen molar-refractivity contribution in [1.29, 1.82) is 0 Å². The van der Waals surface area contributed by atoms with Gasteiger partial charge >= 0.3 is 0 Å². The van der Waals surface area contributed by atoms with Gasteiger partial charge in [-0.2, -0.15) is 0 Å². The number of rotatable bonds is 9. The summed E-state index contributed by atoms with van der Waals surface area (Å²) >= 11 is 9.14. The molecule has 0 unspecified atom stereocenters. The number of anilines is 1. The smallest absolute Gasteiger partial charge is 0.239 e. The van der Waals surface area contributed by atoms with Gasteiger partial charge in [0.05, 0.1) is 15.5 Å². The van der Waals surface area contributed by atoms with E-state index in [-0.39, 0.29) is 17.5 Å². The number of hydrogen-bond acceptors (Lipinski definition) is 5. The van der Waals surface area contributed by atoms with Gasteiger partial charge in [-0.1, -0.05) is 42.9 Å². The van der Waals surface area contributed by atoms with Gasteiger partial charge in [-0.15, -0.1) is 11.8 Å². The molecule has 0 atom stereocenters. The van der Waals surface area contributed by atoms with Crippen LogP contribution in [0.1, 0.15) is 13.8 Å². The van der Waals surface area contributed by atoms with Crippen LogP contribution in [-0.2, 0) is 4.79 Å². The van der Waals surface area contributed by atoms with E-state index in [0.29, 0.717) is 16.7 Å². The summed E-state index contributed by atoms with van der Waals surface area (Å²) in [5.41, 5.74) is 0.723. The fraction of sp³-hybridized carbons (Fsp3) is 0.333. The van der Waals surface area contributed by atoms with Crippen molar-refractivity contribution in [2.45, 2.75) is 18.7 Å². The van der Waals surface area contributed by atoms with Gasteiger partial charge in [-0.05, 0) is 49.5 Å². The number of amides is 1. The Morgan fingerprint density at radius 3 is 2.52 bits per heavy atom. The summed E-state index contributed by atoms with van der Waals surface area (Å²) in [6, 6.07) is 11.8. The number of likely N-dealkylation sites (N-methyl/N-ethyl adjacent to an activating group) is 1. The molecule has 29 heavy (non-hydrogen) atoms. The lowest BCUT2D eigenvalue weighted by molar-refractivity contribution is -0.116. The molecule has 0 aliphatic carbocycles. The van der Waals surface area contributed by atoms with E-state index in [0.717, 1.165) is 34.7 Å². The number of hydrogen-bond donors (Lipinski definition) is 0. The monoisotopic (exact) mass is 451 g/mol. The van der Waals surface area contributed by atoms with Crippen molar-refractivity contribution in [3.05, 3.63) is 53.3 Å². The van der Waals surface area contributed by atoms with E-state index >= 15 is 0 Å². The maximum atomic E-state index is 13.1. The molecule has 0 aliphatic rings. The first-order valence-electron chi connectivity index (χ1n) is 9.48. The average molecular weight is 452 g/mol. The lowest BCUT2D eigenvalue weighted by atomic mass is 10.3. The summed E-state index contributed by atoms with van der Waals surface area (Å²) in [6.07, 6.45) is 0. The minimum absolute atomic E-state index is 0.0262. The number of para-hydroxylation sites is 1. The van der Waals surface area contributed by atoms with Crippen molar-refractivity contribution >= 4 is 56.0 Å². The molecule has 4 nitrogen and oxygen atoms in total. The predicted molar refractivity (Wildman–Crippen MR) is 122 cm³/mol. The Morgan fingerprint density at radius 2 is 1.86 bits per heavy atom. The van der Waals surface area contributed by atoms with Crippen molar-refractivity contribution in [2.75, 3.05) is 36.8 Å². The molecule has 3 rings (SSSR count). The van der Waals surface area contributed by atoms with Crippen molar-refractivity contribution in [2.24, 2.45) is 0 Å². The van der Waals surface area contributed by atoms with Gasteiger partial charge in [-0.25, -0.2) is 9.37 Å². The van der Waals surface area contributed by atoms with E-state index < -0.39 is 0 Å². The standard InChI is InChI=1S/C21H23ClFN3OS2/c1-3-25(4-2)12-13-26(19(27)14-28-16-10-8-15(23)9-11-16)21-24-20-17(22)6-5-7-18(20)29-21/h5-11H,3-4,12-14H2,1-2H3. The number of carbonyl (C=O) groups excluding carboxylic acids is 1. The molecule has 0 saturated carbocycles. The Kier molecular flexibility index (Phi) is 7.89. The van der Waals surface area contributed by atoms with Crippen LogP contribution in [0.4, 0.5) is 9.52 Å². The van der Waals surface area contributed by atoms with E-state index in [1.807, 2.05) is 12.1 Å². The van der Waals surface area contributed by atoms with Crippen LogP contribution in [0.25, 0.3) is 10.2 Å². The van der Waals surface area contributed by atoms with Crippen LogP contribution >= 0.6 is 34.7 Å². The van der Waals surface area contributed by atoms with Crippen molar-refractivity contribution < 1.29 is 9.18 Å². The fourth-order valence-electron chi connectivity index (χ4n) is 2.88. The van der Waals surface area contributed by atoms with E-state index in [9.17, 15) is 9.18 Å². The molecule has 0 spiro atoms. The van der Waals surface area contributed by atoms with Crippen LogP contribution in [0.3, 0.4) is 0 Å². The molecule has 154 valence electrons. The summed E-state index contributed by atoms with van der Waals surface area (Å²) in [7, 11) is 0. The van der Waals surface area contributed by atoms with E-state index in [1.54, 1.807) is 23.1 Å². The highest BCUT2D eigenvalue weighted by atomic mass is 35.5. The summed E-state index contributed by atoms with van der Waals surface area (Å²) in [5.74, 6) is -0.0531. The zero-order valence-corrected chi connectivity index (χ0v) is 18.8. The van der Waals surface area contributed by atoms with Gasteiger partial charge in [-0.3, -0.25) is 9.69 Å². The number of aromatic nitrogens is 1. The zero-order chi connectivity index (χ0) is 20.8. The number of thiazole rings is 1. The lowest BCUT2D eigenvalue weighted by Crippen LogP contribution is -2.39. The SMILES string of the molecule is CCN(CC)CCN(C(=O)CSc1ccc(F)cc1)c1nc2c(Cl)cccc2s1. The maximum absolute atomic E-state index is 13.1. The molecule has 1 amide bonds. The van der Waals surface area contributed by atoms with Gasteiger partial charge in [0.2, 0.25) is 5.91 Å². The Hall–Kier alpha value is -1.67. The summed E-state index contributed by atoms with van der Waals surface area (Å²) in [4.78, 5) is 22.6. The number of carbonyl (C=O) groups is 1. The largest absolute Gasteiger partial charge is 0.302 e. The van der Waals surface area contributed by atoms with Crippen LogP contribution in [0.15, 0.2) is 47.4 Å². The molecule has 3 aromatic rings. The highest BCUT2D eigenvalue weighted by Gasteiger charge is 2.21. The first-order chi connectivity index (χ1) is 14.0. The molecule has 1 aromatic heterocycles. The minimum Gasteiger partial charge on any atom is -0.302 e. The van der Waals surface area contributed by atoms with Crippen LogP contribution in [0.2, 0.25) is 5.02 Å². The first kappa shape index (κ1) is 22.0. The quantitative estimate of drug-likeness (QED) is 0.399. The Labute approximate surface area is 183 Å². The first-order valence-corrected chi connectivity index (χ1v) is 11.7. The molecule has 0 radical (unpaired) electrons. The Balaban J connectivity index is 1.79. The molecule has 0 aliphatic heterocycles. The van der Waals surface area contributed by atoms with Gasteiger partial charge in [0.25, 0.3) is 0 Å². The zero-order valence-electron chi connectivity index (χ0n) is 16.4. The molecule has 0 saturated heterocycles. The third-order valence-corrected chi connectivity index (χ3v) is 6.95. The molecule has 8 heteroatoms. The topological polar surface area (TPSA) is 36.4 Å². The molecule has 0 bridgehead atoms. The second-order valence-electron chi connectivity index (χ2n) is 6.40. The number of fused-ring (bicyclic) bond motifs is 1. The summed E-state index contributed by atoms with van der Waals surface area (Å²) < 4.78 is 14.1. The van der Waals surface area contributed by atoms with Crippen LogP contribution in [-0.4, -0.2) is 47.7 Å². The van der Waals surface area contributed by atoms with E-state index in [2.05, 4.69) is 23.7 Å². The second kappa shape index (κ2) is 10.4. The Bertz CT molecular complexity index is 960. The van der Waals surface area contributed by atoms with E-state index in [1.165, 1.54) is 35.2 Å².